The Morgan fingerprint density at radius 2 is 1.79 bits per heavy atom. The quantitative estimate of drug-likeness (QED) is 0.526. The summed E-state index contributed by atoms with van der Waals surface area (Å²) in [6.07, 6.45) is 0.547. The first-order valence-corrected chi connectivity index (χ1v) is 9.78. The highest BCUT2D eigenvalue weighted by molar-refractivity contribution is 5.87. The van der Waals surface area contributed by atoms with E-state index in [1.54, 1.807) is 12.1 Å². The number of hydrogen-bond acceptors (Lipinski definition) is 3. The summed E-state index contributed by atoms with van der Waals surface area (Å²) in [5, 5.41) is 14.8. The van der Waals surface area contributed by atoms with Crippen LogP contribution in [0.3, 0.4) is 0 Å². The highest BCUT2D eigenvalue weighted by atomic mass is 19.1. The maximum absolute atomic E-state index is 13.1. The summed E-state index contributed by atoms with van der Waals surface area (Å²) >= 11 is 0. The first kappa shape index (κ1) is 20.8. The van der Waals surface area contributed by atoms with Gasteiger partial charge in [-0.15, -0.1) is 0 Å². The molecule has 29 heavy (non-hydrogen) atoms. The molecule has 3 aromatic rings. The second-order valence-electron chi connectivity index (χ2n) is 7.58. The number of benzene rings is 3. The molecule has 0 aliphatic heterocycles. The van der Waals surface area contributed by atoms with Crippen molar-refractivity contribution in [2.75, 3.05) is 0 Å². The molecule has 0 fully saturated rings. The van der Waals surface area contributed by atoms with E-state index in [2.05, 4.69) is 5.32 Å². The van der Waals surface area contributed by atoms with Gasteiger partial charge in [-0.25, -0.2) is 4.39 Å². The minimum atomic E-state index is -0.854. The van der Waals surface area contributed by atoms with Crippen molar-refractivity contribution in [1.82, 2.24) is 5.32 Å². The van der Waals surface area contributed by atoms with Gasteiger partial charge in [0.25, 0.3) is 0 Å². The van der Waals surface area contributed by atoms with Crippen molar-refractivity contribution in [3.05, 3.63) is 77.6 Å². The fourth-order valence-electron chi connectivity index (χ4n) is 3.34. The minimum Gasteiger partial charge on any atom is -0.489 e. The normalized spacial score (nSPS) is 12.3. The van der Waals surface area contributed by atoms with Crippen molar-refractivity contribution in [3.8, 4) is 5.75 Å². The van der Waals surface area contributed by atoms with Gasteiger partial charge in [-0.05, 0) is 46.9 Å². The lowest BCUT2D eigenvalue weighted by Crippen LogP contribution is -2.37. The molecule has 5 heteroatoms. The first-order chi connectivity index (χ1) is 13.9. The standard InChI is InChI=1S/C24H26FNO3/c1-16(2)13-22(24(27)28)26-14-21-20-6-4-3-5-18(20)9-12-23(21)29-15-17-7-10-19(25)11-8-17/h3-12,16,22,26H,13-15H2,1-2H3,(H,27,28). The van der Waals surface area contributed by atoms with Crippen LogP contribution in [0.15, 0.2) is 60.7 Å². The lowest BCUT2D eigenvalue weighted by molar-refractivity contribution is -0.140. The third-order valence-corrected chi connectivity index (χ3v) is 4.84. The van der Waals surface area contributed by atoms with Crippen molar-refractivity contribution < 1.29 is 19.0 Å². The van der Waals surface area contributed by atoms with E-state index in [0.717, 1.165) is 21.9 Å². The molecular formula is C24H26FNO3. The van der Waals surface area contributed by atoms with Crippen LogP contribution < -0.4 is 10.1 Å². The zero-order chi connectivity index (χ0) is 20.8. The summed E-state index contributed by atoms with van der Waals surface area (Å²) in [5.41, 5.74) is 1.78. The lowest BCUT2D eigenvalue weighted by Gasteiger charge is -2.19. The van der Waals surface area contributed by atoms with E-state index < -0.39 is 12.0 Å². The zero-order valence-corrected chi connectivity index (χ0v) is 16.7. The van der Waals surface area contributed by atoms with Crippen LogP contribution in [-0.2, 0) is 17.9 Å². The van der Waals surface area contributed by atoms with Crippen LogP contribution in [0.25, 0.3) is 10.8 Å². The maximum atomic E-state index is 13.1. The third-order valence-electron chi connectivity index (χ3n) is 4.84. The Balaban J connectivity index is 1.85. The van der Waals surface area contributed by atoms with Crippen LogP contribution in [0.5, 0.6) is 5.75 Å². The second-order valence-corrected chi connectivity index (χ2v) is 7.58. The number of ether oxygens (including phenoxy) is 1. The summed E-state index contributed by atoms with van der Waals surface area (Å²) in [6.45, 7) is 4.70. The van der Waals surface area contributed by atoms with E-state index in [0.29, 0.717) is 25.3 Å². The van der Waals surface area contributed by atoms with Gasteiger partial charge in [0.1, 0.15) is 24.2 Å². The Morgan fingerprint density at radius 1 is 1.07 bits per heavy atom. The van der Waals surface area contributed by atoms with E-state index >= 15 is 0 Å². The van der Waals surface area contributed by atoms with Gasteiger partial charge < -0.3 is 15.2 Å². The molecule has 3 rings (SSSR count). The Kier molecular flexibility index (Phi) is 6.83. The van der Waals surface area contributed by atoms with Crippen molar-refractivity contribution >= 4 is 16.7 Å². The average Bonchev–Trinajstić information content (AvgIpc) is 2.70. The van der Waals surface area contributed by atoms with E-state index in [9.17, 15) is 14.3 Å². The van der Waals surface area contributed by atoms with Gasteiger partial charge in [0.05, 0.1) is 0 Å². The van der Waals surface area contributed by atoms with Crippen LogP contribution in [0, 0.1) is 11.7 Å². The van der Waals surface area contributed by atoms with E-state index in [1.807, 2.05) is 50.2 Å². The number of carbonyl (C=O) groups is 1. The zero-order valence-electron chi connectivity index (χ0n) is 16.7. The molecule has 1 unspecified atom stereocenters. The van der Waals surface area contributed by atoms with Crippen LogP contribution in [0.4, 0.5) is 4.39 Å². The third kappa shape index (κ3) is 5.55. The van der Waals surface area contributed by atoms with Crippen molar-refractivity contribution in [2.24, 2.45) is 5.92 Å². The number of halogens is 1. The van der Waals surface area contributed by atoms with Gasteiger partial charge in [0.15, 0.2) is 0 Å². The van der Waals surface area contributed by atoms with Crippen molar-refractivity contribution in [2.45, 2.75) is 39.5 Å². The fraction of sp³-hybridized carbons (Fsp3) is 0.292. The predicted octanol–water partition coefficient (Wildman–Crippen LogP) is 5.15. The smallest absolute Gasteiger partial charge is 0.320 e. The summed E-state index contributed by atoms with van der Waals surface area (Å²) < 4.78 is 19.2. The first-order valence-electron chi connectivity index (χ1n) is 9.78. The van der Waals surface area contributed by atoms with Gasteiger partial charge in [-0.1, -0.05) is 56.3 Å². The largest absolute Gasteiger partial charge is 0.489 e. The Bertz CT molecular complexity index is 970. The van der Waals surface area contributed by atoms with Gasteiger partial charge >= 0.3 is 5.97 Å². The number of fused-ring (bicyclic) bond motifs is 1. The van der Waals surface area contributed by atoms with E-state index in [1.165, 1.54) is 12.1 Å². The molecule has 1 atom stereocenters. The summed E-state index contributed by atoms with van der Waals surface area (Å²) in [7, 11) is 0. The number of aliphatic carboxylic acids is 1. The molecule has 0 saturated carbocycles. The minimum absolute atomic E-state index is 0.269. The Labute approximate surface area is 170 Å². The molecule has 3 aromatic carbocycles. The molecule has 0 aliphatic carbocycles. The van der Waals surface area contributed by atoms with Crippen LogP contribution in [0.2, 0.25) is 0 Å². The van der Waals surface area contributed by atoms with Gasteiger partial charge in [-0.3, -0.25) is 4.79 Å². The Hall–Kier alpha value is -2.92. The number of nitrogens with one attached hydrogen (secondary N) is 1. The average molecular weight is 395 g/mol. The summed E-state index contributed by atoms with van der Waals surface area (Å²) in [5.74, 6) is -0.179. The predicted molar refractivity (Wildman–Crippen MR) is 112 cm³/mol. The Morgan fingerprint density at radius 3 is 2.48 bits per heavy atom. The van der Waals surface area contributed by atoms with Gasteiger partial charge in [-0.2, -0.15) is 0 Å². The van der Waals surface area contributed by atoms with Crippen LogP contribution in [-0.4, -0.2) is 17.1 Å². The van der Waals surface area contributed by atoms with Crippen LogP contribution in [0.1, 0.15) is 31.4 Å². The number of rotatable bonds is 9. The number of carboxylic acid groups (broad SMARTS) is 1. The summed E-state index contributed by atoms with van der Waals surface area (Å²) in [6, 6.07) is 17.4. The second kappa shape index (κ2) is 9.52. The molecule has 0 aromatic heterocycles. The highest BCUT2D eigenvalue weighted by Crippen LogP contribution is 2.29. The fourth-order valence-corrected chi connectivity index (χ4v) is 3.34. The molecule has 0 aliphatic rings. The van der Waals surface area contributed by atoms with Gasteiger partial charge in [0, 0.05) is 12.1 Å². The molecule has 2 N–H and O–H groups in total. The molecule has 0 heterocycles. The van der Waals surface area contributed by atoms with Crippen molar-refractivity contribution in [1.29, 1.82) is 0 Å². The molecule has 0 amide bonds. The topological polar surface area (TPSA) is 58.6 Å². The SMILES string of the molecule is CC(C)CC(NCc1c(OCc2ccc(F)cc2)ccc2ccccc12)C(=O)O. The highest BCUT2D eigenvalue weighted by Gasteiger charge is 2.19. The van der Waals surface area contributed by atoms with Gasteiger partial charge in [0.2, 0.25) is 0 Å². The molecule has 152 valence electrons. The van der Waals surface area contributed by atoms with Crippen molar-refractivity contribution in [3.63, 3.8) is 0 Å². The maximum Gasteiger partial charge on any atom is 0.320 e. The van der Waals surface area contributed by atoms with E-state index in [4.69, 9.17) is 4.74 Å². The molecule has 0 saturated heterocycles. The van der Waals surface area contributed by atoms with Crippen LogP contribution >= 0.6 is 0 Å². The molecular weight excluding hydrogens is 369 g/mol. The molecule has 0 bridgehead atoms. The molecule has 4 nitrogen and oxygen atoms in total. The lowest BCUT2D eigenvalue weighted by atomic mass is 10.0. The molecule has 0 spiro atoms. The summed E-state index contributed by atoms with van der Waals surface area (Å²) in [4.78, 5) is 11.6. The molecule has 0 radical (unpaired) electrons. The van der Waals surface area contributed by atoms with E-state index in [-0.39, 0.29) is 11.7 Å². The number of carboxylic acids is 1. The number of hydrogen-bond donors (Lipinski definition) is 2. The monoisotopic (exact) mass is 395 g/mol.